The monoisotopic (exact) mass is 352 g/mol. The molecule has 3 N–H and O–H groups in total. The Balaban J connectivity index is 2.15. The van der Waals surface area contributed by atoms with Crippen molar-refractivity contribution in [2.75, 3.05) is 5.32 Å². The number of nitrogens with zero attached hydrogens (tertiary/aromatic N) is 2. The van der Waals surface area contributed by atoms with Crippen molar-refractivity contribution in [2.45, 2.75) is 19.8 Å². The number of benzene rings is 1. The number of aromatic nitrogens is 3. The molecular formula is C13H13BrN4O3. The molecule has 0 spiro atoms. The highest BCUT2D eigenvalue weighted by molar-refractivity contribution is 9.10. The normalized spacial score (nSPS) is 10.4. The molecule has 8 heteroatoms. The standard InChI is InChI=1S/C13H13BrN4O3/c1-2-3-10-16-11(18-17-10)12(19)15-7-4-5-9(14)8(6-7)13(20)21/h4-6H,2-3H2,1H3,(H,15,19)(H,20,21)(H,16,17,18). The number of H-pyrrole nitrogens is 1. The summed E-state index contributed by atoms with van der Waals surface area (Å²) in [6, 6.07) is 4.51. The van der Waals surface area contributed by atoms with Gasteiger partial charge in [0.2, 0.25) is 5.82 Å². The minimum absolute atomic E-state index is 0.0262. The van der Waals surface area contributed by atoms with Gasteiger partial charge in [-0.25, -0.2) is 9.78 Å². The number of aromatic amines is 1. The Morgan fingerprint density at radius 3 is 2.86 bits per heavy atom. The number of hydrogen-bond acceptors (Lipinski definition) is 4. The van der Waals surface area contributed by atoms with Gasteiger partial charge in [-0.2, -0.15) is 0 Å². The molecule has 0 radical (unpaired) electrons. The van der Waals surface area contributed by atoms with E-state index in [4.69, 9.17) is 5.11 Å². The number of aromatic carboxylic acids is 1. The van der Waals surface area contributed by atoms with Crippen molar-refractivity contribution < 1.29 is 14.7 Å². The predicted molar refractivity (Wildman–Crippen MR) is 79.4 cm³/mol. The number of carboxylic acid groups (broad SMARTS) is 1. The molecule has 0 aliphatic heterocycles. The van der Waals surface area contributed by atoms with E-state index in [1.165, 1.54) is 6.07 Å². The summed E-state index contributed by atoms with van der Waals surface area (Å²) in [5.41, 5.74) is 0.428. The number of carbonyl (C=O) groups is 2. The molecule has 0 aliphatic carbocycles. The summed E-state index contributed by atoms with van der Waals surface area (Å²) in [4.78, 5) is 27.1. The van der Waals surface area contributed by atoms with Gasteiger partial charge in [0.1, 0.15) is 5.82 Å². The van der Waals surface area contributed by atoms with Crippen molar-refractivity contribution in [3.63, 3.8) is 0 Å². The third-order valence-corrected chi connectivity index (χ3v) is 3.37. The van der Waals surface area contributed by atoms with Crippen LogP contribution in [-0.4, -0.2) is 32.2 Å². The molecule has 0 fully saturated rings. The summed E-state index contributed by atoms with van der Waals surface area (Å²) < 4.78 is 0.441. The highest BCUT2D eigenvalue weighted by Gasteiger charge is 2.14. The van der Waals surface area contributed by atoms with Crippen molar-refractivity contribution in [3.8, 4) is 0 Å². The van der Waals surface area contributed by atoms with Gasteiger partial charge in [0.25, 0.3) is 5.91 Å². The largest absolute Gasteiger partial charge is 0.478 e. The van der Waals surface area contributed by atoms with Gasteiger partial charge in [-0.05, 0) is 40.5 Å². The number of carboxylic acids is 1. The van der Waals surface area contributed by atoms with E-state index in [2.05, 4.69) is 36.4 Å². The second-order valence-corrected chi connectivity index (χ2v) is 5.16. The van der Waals surface area contributed by atoms with E-state index in [-0.39, 0.29) is 11.4 Å². The molecule has 21 heavy (non-hydrogen) atoms. The number of anilines is 1. The third kappa shape index (κ3) is 3.66. The van der Waals surface area contributed by atoms with E-state index in [1.54, 1.807) is 12.1 Å². The van der Waals surface area contributed by atoms with Gasteiger partial charge in [0, 0.05) is 16.6 Å². The fourth-order valence-electron chi connectivity index (χ4n) is 1.70. The Kier molecular flexibility index (Phi) is 4.69. The fraction of sp³-hybridized carbons (Fsp3) is 0.231. The molecule has 2 aromatic rings. The molecule has 1 heterocycles. The maximum atomic E-state index is 12.0. The van der Waals surface area contributed by atoms with Crippen LogP contribution in [0.1, 0.15) is 40.1 Å². The molecule has 0 atom stereocenters. The van der Waals surface area contributed by atoms with E-state index in [9.17, 15) is 9.59 Å². The van der Waals surface area contributed by atoms with Gasteiger partial charge in [0.05, 0.1) is 5.56 Å². The number of amides is 1. The Hall–Kier alpha value is -2.22. The first-order chi connectivity index (χ1) is 10.0. The van der Waals surface area contributed by atoms with Gasteiger partial charge in [0.15, 0.2) is 0 Å². The molecule has 110 valence electrons. The summed E-state index contributed by atoms with van der Waals surface area (Å²) in [6.45, 7) is 2.00. The van der Waals surface area contributed by atoms with Crippen LogP contribution in [0.2, 0.25) is 0 Å². The first-order valence-corrected chi connectivity index (χ1v) is 7.06. The van der Waals surface area contributed by atoms with Crippen LogP contribution in [-0.2, 0) is 6.42 Å². The molecule has 2 rings (SSSR count). The number of hydrogen-bond donors (Lipinski definition) is 3. The lowest BCUT2D eigenvalue weighted by Gasteiger charge is -2.05. The lowest BCUT2D eigenvalue weighted by molar-refractivity contribution is 0.0695. The van der Waals surface area contributed by atoms with Crippen molar-refractivity contribution >= 4 is 33.5 Å². The summed E-state index contributed by atoms with van der Waals surface area (Å²) in [7, 11) is 0. The minimum Gasteiger partial charge on any atom is -0.478 e. The Bertz CT molecular complexity index is 684. The van der Waals surface area contributed by atoms with Crippen molar-refractivity contribution in [1.82, 2.24) is 15.2 Å². The fourth-order valence-corrected chi connectivity index (χ4v) is 2.12. The Labute approximate surface area is 128 Å². The molecular weight excluding hydrogens is 340 g/mol. The zero-order chi connectivity index (χ0) is 15.4. The Morgan fingerprint density at radius 2 is 2.19 bits per heavy atom. The first kappa shape index (κ1) is 15.2. The van der Waals surface area contributed by atoms with Crippen LogP contribution in [0.15, 0.2) is 22.7 Å². The van der Waals surface area contributed by atoms with Crippen LogP contribution in [0.3, 0.4) is 0 Å². The summed E-state index contributed by atoms with van der Waals surface area (Å²) in [5.74, 6) is -0.906. The average Bonchev–Trinajstić information content (AvgIpc) is 2.90. The van der Waals surface area contributed by atoms with Crippen LogP contribution >= 0.6 is 15.9 Å². The number of carbonyl (C=O) groups excluding carboxylic acids is 1. The van der Waals surface area contributed by atoms with E-state index >= 15 is 0 Å². The van der Waals surface area contributed by atoms with Crippen LogP contribution in [0.4, 0.5) is 5.69 Å². The highest BCUT2D eigenvalue weighted by atomic mass is 79.9. The second kappa shape index (κ2) is 6.49. The van der Waals surface area contributed by atoms with Gasteiger partial charge in [-0.3, -0.25) is 9.89 Å². The molecule has 0 saturated heterocycles. The maximum absolute atomic E-state index is 12.0. The molecule has 7 nitrogen and oxygen atoms in total. The van der Waals surface area contributed by atoms with Gasteiger partial charge in [-0.15, -0.1) is 5.10 Å². The van der Waals surface area contributed by atoms with Crippen molar-refractivity contribution in [2.24, 2.45) is 0 Å². The van der Waals surface area contributed by atoms with E-state index in [1.807, 2.05) is 6.92 Å². The van der Waals surface area contributed by atoms with Crippen LogP contribution in [0, 0.1) is 0 Å². The first-order valence-electron chi connectivity index (χ1n) is 6.26. The summed E-state index contributed by atoms with van der Waals surface area (Å²) in [6.07, 6.45) is 1.60. The van der Waals surface area contributed by atoms with Gasteiger partial charge in [-0.1, -0.05) is 6.92 Å². The lowest BCUT2D eigenvalue weighted by Crippen LogP contribution is -2.14. The molecule has 0 aliphatic rings. The zero-order valence-electron chi connectivity index (χ0n) is 11.2. The number of nitrogens with one attached hydrogen (secondary N) is 2. The predicted octanol–water partition coefficient (Wildman–Crippen LogP) is 2.47. The zero-order valence-corrected chi connectivity index (χ0v) is 12.8. The molecule has 0 bridgehead atoms. The van der Waals surface area contributed by atoms with Crippen molar-refractivity contribution in [3.05, 3.63) is 39.9 Å². The SMILES string of the molecule is CCCc1nc(C(=O)Nc2ccc(Br)c(C(=O)O)c2)n[nH]1. The Morgan fingerprint density at radius 1 is 1.43 bits per heavy atom. The molecule has 0 unspecified atom stereocenters. The summed E-state index contributed by atoms with van der Waals surface area (Å²) >= 11 is 3.14. The molecule has 1 aromatic heterocycles. The summed E-state index contributed by atoms with van der Waals surface area (Å²) in [5, 5.41) is 18.1. The molecule has 1 amide bonds. The number of aryl methyl sites for hydroxylation is 1. The third-order valence-electron chi connectivity index (χ3n) is 2.68. The van der Waals surface area contributed by atoms with Gasteiger partial charge < -0.3 is 10.4 Å². The number of halogens is 1. The molecule has 1 aromatic carbocycles. The second-order valence-electron chi connectivity index (χ2n) is 4.31. The van der Waals surface area contributed by atoms with Crippen LogP contribution in [0.25, 0.3) is 0 Å². The topological polar surface area (TPSA) is 108 Å². The smallest absolute Gasteiger partial charge is 0.336 e. The average molecular weight is 353 g/mol. The molecule has 0 saturated carbocycles. The quantitative estimate of drug-likeness (QED) is 0.765. The highest BCUT2D eigenvalue weighted by Crippen LogP contribution is 2.21. The number of rotatable bonds is 5. The minimum atomic E-state index is -1.08. The van der Waals surface area contributed by atoms with E-state index in [0.717, 1.165) is 6.42 Å². The maximum Gasteiger partial charge on any atom is 0.336 e. The van der Waals surface area contributed by atoms with E-state index < -0.39 is 11.9 Å². The van der Waals surface area contributed by atoms with Crippen molar-refractivity contribution in [1.29, 1.82) is 0 Å². The van der Waals surface area contributed by atoms with Gasteiger partial charge >= 0.3 is 5.97 Å². The van der Waals surface area contributed by atoms with Crippen LogP contribution in [0.5, 0.6) is 0 Å². The lowest BCUT2D eigenvalue weighted by atomic mass is 10.2. The van der Waals surface area contributed by atoms with E-state index in [0.29, 0.717) is 22.4 Å². The van der Waals surface area contributed by atoms with Crippen LogP contribution < -0.4 is 5.32 Å².